The Bertz CT molecular complexity index is 905. The van der Waals surface area contributed by atoms with Gasteiger partial charge in [0.1, 0.15) is 11.0 Å². The number of carbonyl (C=O) groups excluding carboxylic acids is 1. The number of aromatic nitrogens is 2. The summed E-state index contributed by atoms with van der Waals surface area (Å²) in [6.45, 7) is 4.08. The highest BCUT2D eigenvalue weighted by atomic mass is 79.9. The van der Waals surface area contributed by atoms with Crippen LogP contribution in [0.3, 0.4) is 0 Å². The molecule has 0 saturated heterocycles. The lowest BCUT2D eigenvalue weighted by Gasteiger charge is -2.11. The van der Waals surface area contributed by atoms with Crippen molar-refractivity contribution in [3.8, 4) is 10.6 Å². The summed E-state index contributed by atoms with van der Waals surface area (Å²) in [4.78, 5) is 12.4. The molecule has 25 heavy (non-hydrogen) atoms. The van der Waals surface area contributed by atoms with Gasteiger partial charge in [0.15, 0.2) is 0 Å². The molecule has 1 atom stereocenters. The summed E-state index contributed by atoms with van der Waals surface area (Å²) >= 11 is 4.71. The highest BCUT2D eigenvalue weighted by molar-refractivity contribution is 9.10. The van der Waals surface area contributed by atoms with Gasteiger partial charge in [-0.2, -0.15) is 0 Å². The zero-order valence-electron chi connectivity index (χ0n) is 13.8. The van der Waals surface area contributed by atoms with Gasteiger partial charge in [-0.25, -0.2) is 0 Å². The Labute approximate surface area is 158 Å². The van der Waals surface area contributed by atoms with E-state index in [0.29, 0.717) is 5.13 Å². The smallest absolute Gasteiger partial charge is 0.247 e. The Kier molecular flexibility index (Phi) is 5.27. The van der Waals surface area contributed by atoms with Crippen LogP contribution in [-0.4, -0.2) is 16.1 Å². The number of aryl methyl sites for hydroxylation is 2. The van der Waals surface area contributed by atoms with E-state index < -0.39 is 6.04 Å². The second-order valence-corrected chi connectivity index (χ2v) is 7.70. The monoisotopic (exact) mass is 416 g/mol. The van der Waals surface area contributed by atoms with E-state index >= 15 is 0 Å². The second-order valence-electron chi connectivity index (χ2n) is 5.81. The van der Waals surface area contributed by atoms with Gasteiger partial charge in [0, 0.05) is 10.0 Å². The maximum Gasteiger partial charge on any atom is 0.247 e. The van der Waals surface area contributed by atoms with Crippen LogP contribution < -0.4 is 11.1 Å². The van der Waals surface area contributed by atoms with Crippen molar-refractivity contribution in [2.75, 3.05) is 5.32 Å². The van der Waals surface area contributed by atoms with Crippen molar-refractivity contribution >= 4 is 38.3 Å². The van der Waals surface area contributed by atoms with Gasteiger partial charge in [0.05, 0.1) is 0 Å². The van der Waals surface area contributed by atoms with Gasteiger partial charge >= 0.3 is 0 Å². The molecular formula is C18H17BrN4OS. The van der Waals surface area contributed by atoms with Gasteiger partial charge < -0.3 is 5.73 Å². The molecule has 7 heteroatoms. The lowest BCUT2D eigenvalue weighted by atomic mass is 10.1. The molecule has 0 aliphatic heterocycles. The van der Waals surface area contributed by atoms with Crippen molar-refractivity contribution in [2.24, 2.45) is 5.73 Å². The molecule has 0 aliphatic carbocycles. The second kappa shape index (κ2) is 7.43. The maximum absolute atomic E-state index is 12.4. The van der Waals surface area contributed by atoms with Crippen molar-refractivity contribution in [2.45, 2.75) is 19.9 Å². The van der Waals surface area contributed by atoms with E-state index in [4.69, 9.17) is 5.73 Å². The van der Waals surface area contributed by atoms with Crippen LogP contribution in [0.2, 0.25) is 0 Å². The summed E-state index contributed by atoms with van der Waals surface area (Å²) in [6.07, 6.45) is 0. The number of anilines is 1. The van der Waals surface area contributed by atoms with Crippen molar-refractivity contribution in [1.82, 2.24) is 10.2 Å². The van der Waals surface area contributed by atoms with Crippen LogP contribution in [0.25, 0.3) is 10.6 Å². The van der Waals surface area contributed by atoms with Gasteiger partial charge in [-0.1, -0.05) is 56.6 Å². The fraction of sp³-hybridized carbons (Fsp3) is 0.167. The number of carbonyl (C=O) groups is 1. The van der Waals surface area contributed by atoms with Crippen LogP contribution in [0.4, 0.5) is 5.13 Å². The Balaban J connectivity index is 1.75. The van der Waals surface area contributed by atoms with Crippen LogP contribution in [0.15, 0.2) is 46.9 Å². The number of nitrogens with one attached hydrogen (secondary N) is 1. The van der Waals surface area contributed by atoms with Gasteiger partial charge in [0.2, 0.25) is 11.0 Å². The molecule has 3 aromatic rings. The largest absolute Gasteiger partial charge is 0.316 e. The SMILES string of the molecule is Cc1cc(C)cc(-c2nnc(NC(=O)C(N)c3cccc(Br)c3)s2)c1. The molecule has 0 fully saturated rings. The Morgan fingerprint density at radius 2 is 1.88 bits per heavy atom. The number of benzene rings is 2. The molecule has 0 radical (unpaired) electrons. The first-order valence-corrected chi connectivity index (χ1v) is 9.27. The minimum atomic E-state index is -0.772. The Morgan fingerprint density at radius 1 is 1.16 bits per heavy atom. The van der Waals surface area contributed by atoms with E-state index in [1.54, 1.807) is 0 Å². The molecular weight excluding hydrogens is 400 g/mol. The third-order valence-electron chi connectivity index (χ3n) is 3.61. The number of hydrogen-bond acceptors (Lipinski definition) is 5. The number of amides is 1. The molecule has 2 aromatic carbocycles. The summed E-state index contributed by atoms with van der Waals surface area (Å²) in [5, 5.41) is 12.2. The van der Waals surface area contributed by atoms with E-state index in [-0.39, 0.29) is 5.91 Å². The molecule has 3 rings (SSSR count). The summed E-state index contributed by atoms with van der Waals surface area (Å²) in [6, 6.07) is 12.8. The maximum atomic E-state index is 12.4. The molecule has 0 saturated carbocycles. The number of rotatable bonds is 4. The molecule has 1 amide bonds. The number of hydrogen-bond donors (Lipinski definition) is 2. The molecule has 1 unspecified atom stereocenters. The predicted molar refractivity (Wildman–Crippen MR) is 105 cm³/mol. The molecule has 0 bridgehead atoms. The van der Waals surface area contributed by atoms with Crippen LogP contribution in [0.1, 0.15) is 22.7 Å². The summed E-state index contributed by atoms with van der Waals surface area (Å²) in [7, 11) is 0. The Hall–Kier alpha value is -2.09. The standard InChI is InChI=1S/C18H17BrN4OS/c1-10-6-11(2)8-13(7-10)17-22-23-18(25-17)21-16(24)15(20)12-4-3-5-14(19)9-12/h3-9,15H,20H2,1-2H3,(H,21,23,24). The summed E-state index contributed by atoms with van der Waals surface area (Å²) in [5.74, 6) is -0.318. The normalized spacial score (nSPS) is 12.0. The van der Waals surface area contributed by atoms with Crippen LogP contribution in [0.5, 0.6) is 0 Å². The third-order valence-corrected chi connectivity index (χ3v) is 5.00. The van der Waals surface area contributed by atoms with E-state index in [9.17, 15) is 4.79 Å². The summed E-state index contributed by atoms with van der Waals surface area (Å²) < 4.78 is 0.876. The van der Waals surface area contributed by atoms with Crippen molar-refractivity contribution in [3.05, 3.63) is 63.6 Å². The van der Waals surface area contributed by atoms with E-state index in [1.807, 2.05) is 50.2 Å². The van der Waals surface area contributed by atoms with Crippen LogP contribution in [-0.2, 0) is 4.79 Å². The first kappa shape index (κ1) is 17.7. The van der Waals surface area contributed by atoms with Crippen LogP contribution in [0, 0.1) is 13.8 Å². The highest BCUT2D eigenvalue weighted by Gasteiger charge is 2.18. The highest BCUT2D eigenvalue weighted by Crippen LogP contribution is 2.28. The number of halogens is 1. The quantitative estimate of drug-likeness (QED) is 0.666. The van der Waals surface area contributed by atoms with Gasteiger partial charge in [-0.3, -0.25) is 10.1 Å². The van der Waals surface area contributed by atoms with Crippen molar-refractivity contribution in [1.29, 1.82) is 0 Å². The molecule has 1 heterocycles. The molecule has 3 N–H and O–H groups in total. The number of nitrogens with two attached hydrogens (primary N) is 1. The van der Waals surface area contributed by atoms with Crippen molar-refractivity contribution < 1.29 is 4.79 Å². The average Bonchev–Trinajstić information content (AvgIpc) is 3.01. The topological polar surface area (TPSA) is 80.9 Å². The molecule has 5 nitrogen and oxygen atoms in total. The average molecular weight is 417 g/mol. The predicted octanol–water partition coefficient (Wildman–Crippen LogP) is 4.22. The molecule has 1 aromatic heterocycles. The first-order chi connectivity index (χ1) is 11.9. The zero-order valence-corrected chi connectivity index (χ0v) is 16.2. The van der Waals surface area contributed by atoms with E-state index in [2.05, 4.69) is 37.5 Å². The molecule has 0 spiro atoms. The fourth-order valence-electron chi connectivity index (χ4n) is 2.52. The van der Waals surface area contributed by atoms with Crippen molar-refractivity contribution in [3.63, 3.8) is 0 Å². The van der Waals surface area contributed by atoms with E-state index in [1.165, 1.54) is 11.3 Å². The Morgan fingerprint density at radius 3 is 2.56 bits per heavy atom. The van der Waals surface area contributed by atoms with Gasteiger partial charge in [0.25, 0.3) is 0 Å². The first-order valence-electron chi connectivity index (χ1n) is 7.66. The minimum Gasteiger partial charge on any atom is -0.316 e. The van der Waals surface area contributed by atoms with E-state index in [0.717, 1.165) is 31.7 Å². The minimum absolute atomic E-state index is 0.318. The third kappa shape index (κ3) is 4.31. The molecule has 0 aliphatic rings. The van der Waals surface area contributed by atoms with Gasteiger partial charge in [-0.15, -0.1) is 10.2 Å². The zero-order chi connectivity index (χ0) is 18.0. The lowest BCUT2D eigenvalue weighted by Crippen LogP contribution is -2.27. The summed E-state index contributed by atoms with van der Waals surface area (Å²) in [5.41, 5.74) is 10.1. The lowest BCUT2D eigenvalue weighted by molar-refractivity contribution is -0.117. The molecule has 128 valence electrons. The van der Waals surface area contributed by atoms with Crippen LogP contribution >= 0.6 is 27.3 Å². The fourth-order valence-corrected chi connectivity index (χ4v) is 3.67. The van der Waals surface area contributed by atoms with Gasteiger partial charge in [-0.05, 0) is 43.7 Å². The number of nitrogens with zero attached hydrogens (tertiary/aromatic N) is 2.